The summed E-state index contributed by atoms with van der Waals surface area (Å²) in [4.78, 5) is 10.8. The van der Waals surface area contributed by atoms with Crippen LogP contribution in [-0.4, -0.2) is 39.2 Å². The Bertz CT molecular complexity index is 1150. The van der Waals surface area contributed by atoms with Crippen LogP contribution < -0.4 is 0 Å². The van der Waals surface area contributed by atoms with Crippen molar-refractivity contribution >= 4 is 11.6 Å². The van der Waals surface area contributed by atoms with Crippen molar-refractivity contribution in [3.63, 3.8) is 0 Å². The van der Waals surface area contributed by atoms with Gasteiger partial charge in [0.05, 0.1) is 10.6 Å². The number of aromatic nitrogens is 4. The first-order valence-corrected chi connectivity index (χ1v) is 9.67. The lowest BCUT2D eigenvalue weighted by atomic mass is 10.0. The summed E-state index contributed by atoms with van der Waals surface area (Å²) < 4.78 is 6.37. The summed E-state index contributed by atoms with van der Waals surface area (Å²) in [5.74, 6) is 2.03. The SMILES string of the molecule is Cc1cc(-c2cc(-c3ncn[nH]3)c(-c3cc(CN(C)C)ccc3Cl)o2)c(C)cn1. The van der Waals surface area contributed by atoms with E-state index >= 15 is 0 Å². The summed E-state index contributed by atoms with van der Waals surface area (Å²) in [6.07, 6.45) is 3.34. The molecule has 0 saturated heterocycles. The molecule has 4 aromatic rings. The van der Waals surface area contributed by atoms with Gasteiger partial charge in [0, 0.05) is 29.6 Å². The van der Waals surface area contributed by atoms with Crippen molar-refractivity contribution in [3.05, 3.63) is 64.7 Å². The van der Waals surface area contributed by atoms with Gasteiger partial charge in [0.25, 0.3) is 0 Å². The van der Waals surface area contributed by atoms with Crippen LogP contribution in [0.2, 0.25) is 5.02 Å². The predicted octanol–water partition coefficient (Wildman–Crippen LogP) is 5.13. The van der Waals surface area contributed by atoms with Crippen LogP contribution in [0, 0.1) is 13.8 Å². The zero-order valence-corrected chi connectivity index (χ0v) is 17.6. The molecule has 6 nitrogen and oxygen atoms in total. The van der Waals surface area contributed by atoms with Crippen LogP contribution >= 0.6 is 11.6 Å². The number of hydrogen-bond acceptors (Lipinski definition) is 5. The number of benzene rings is 1. The first-order chi connectivity index (χ1) is 13.9. The van der Waals surface area contributed by atoms with Crippen LogP contribution in [0.5, 0.6) is 0 Å². The molecule has 4 rings (SSSR count). The van der Waals surface area contributed by atoms with Gasteiger partial charge in [-0.2, -0.15) is 5.10 Å². The second-order valence-corrected chi connectivity index (χ2v) is 7.79. The van der Waals surface area contributed by atoms with Gasteiger partial charge in [0.1, 0.15) is 17.8 Å². The summed E-state index contributed by atoms with van der Waals surface area (Å²) in [6, 6.07) is 10.00. The second kappa shape index (κ2) is 7.81. The predicted molar refractivity (Wildman–Crippen MR) is 115 cm³/mol. The Kier molecular flexibility index (Phi) is 5.22. The number of hydrogen-bond donors (Lipinski definition) is 1. The average Bonchev–Trinajstić information content (AvgIpc) is 3.34. The van der Waals surface area contributed by atoms with Gasteiger partial charge in [-0.15, -0.1) is 0 Å². The van der Waals surface area contributed by atoms with Crippen molar-refractivity contribution in [1.29, 1.82) is 0 Å². The van der Waals surface area contributed by atoms with Crippen molar-refractivity contribution in [3.8, 4) is 34.0 Å². The Labute approximate surface area is 174 Å². The zero-order valence-electron chi connectivity index (χ0n) is 16.8. The quantitative estimate of drug-likeness (QED) is 0.496. The Morgan fingerprint density at radius 3 is 2.59 bits per heavy atom. The third-order valence-electron chi connectivity index (χ3n) is 4.68. The van der Waals surface area contributed by atoms with E-state index in [-0.39, 0.29) is 0 Å². The molecule has 0 aliphatic rings. The van der Waals surface area contributed by atoms with E-state index in [1.165, 1.54) is 6.33 Å². The molecule has 29 heavy (non-hydrogen) atoms. The Balaban J connectivity index is 1.91. The number of H-pyrrole nitrogens is 1. The minimum Gasteiger partial charge on any atom is -0.455 e. The topological polar surface area (TPSA) is 70.8 Å². The number of aromatic amines is 1. The van der Waals surface area contributed by atoms with Crippen molar-refractivity contribution in [2.75, 3.05) is 14.1 Å². The van der Waals surface area contributed by atoms with Crippen molar-refractivity contribution in [2.24, 2.45) is 0 Å². The molecule has 0 radical (unpaired) electrons. The Hall–Kier alpha value is -2.96. The molecule has 3 heterocycles. The lowest BCUT2D eigenvalue weighted by Gasteiger charge is -2.12. The monoisotopic (exact) mass is 407 g/mol. The lowest BCUT2D eigenvalue weighted by Crippen LogP contribution is -2.10. The highest BCUT2D eigenvalue weighted by atomic mass is 35.5. The van der Waals surface area contributed by atoms with Crippen LogP contribution in [0.15, 0.2) is 47.3 Å². The van der Waals surface area contributed by atoms with E-state index in [1.54, 1.807) is 0 Å². The van der Waals surface area contributed by atoms with Gasteiger partial charge in [0.2, 0.25) is 0 Å². The maximum absolute atomic E-state index is 6.58. The molecule has 0 spiro atoms. The summed E-state index contributed by atoms with van der Waals surface area (Å²) in [5.41, 5.74) is 5.74. The normalized spacial score (nSPS) is 11.4. The highest BCUT2D eigenvalue weighted by Crippen LogP contribution is 2.41. The van der Waals surface area contributed by atoms with Gasteiger partial charge < -0.3 is 9.32 Å². The van der Waals surface area contributed by atoms with Crippen molar-refractivity contribution in [2.45, 2.75) is 20.4 Å². The molecule has 0 unspecified atom stereocenters. The lowest BCUT2D eigenvalue weighted by molar-refractivity contribution is 0.402. The number of nitrogens with zero attached hydrogens (tertiary/aromatic N) is 4. The third-order valence-corrected chi connectivity index (χ3v) is 5.01. The Morgan fingerprint density at radius 1 is 1.03 bits per heavy atom. The van der Waals surface area contributed by atoms with Gasteiger partial charge in [-0.3, -0.25) is 10.1 Å². The Morgan fingerprint density at radius 2 is 1.86 bits per heavy atom. The maximum atomic E-state index is 6.58. The minimum atomic E-state index is 0.622. The van der Waals surface area contributed by atoms with E-state index in [2.05, 4.69) is 31.1 Å². The fraction of sp³-hybridized carbons (Fsp3) is 0.227. The molecule has 0 amide bonds. The van der Waals surface area contributed by atoms with E-state index < -0.39 is 0 Å². The van der Waals surface area contributed by atoms with Crippen molar-refractivity contribution < 1.29 is 4.42 Å². The fourth-order valence-electron chi connectivity index (χ4n) is 3.34. The van der Waals surface area contributed by atoms with Crippen LogP contribution in [0.4, 0.5) is 0 Å². The molecular formula is C22H22ClN5O. The average molecular weight is 408 g/mol. The smallest absolute Gasteiger partial charge is 0.159 e. The number of furan rings is 1. The zero-order chi connectivity index (χ0) is 20.5. The number of rotatable bonds is 5. The highest BCUT2D eigenvalue weighted by Gasteiger charge is 2.21. The van der Waals surface area contributed by atoms with E-state index in [9.17, 15) is 0 Å². The molecule has 1 aromatic carbocycles. The van der Waals surface area contributed by atoms with Gasteiger partial charge in [-0.05, 0) is 63.3 Å². The third kappa shape index (κ3) is 3.95. The number of aryl methyl sites for hydroxylation is 2. The molecule has 0 atom stereocenters. The molecule has 3 aromatic heterocycles. The molecular weight excluding hydrogens is 386 g/mol. The number of nitrogens with one attached hydrogen (secondary N) is 1. The first kappa shape index (κ1) is 19.4. The van der Waals surface area contributed by atoms with Gasteiger partial charge >= 0.3 is 0 Å². The molecule has 7 heteroatoms. The van der Waals surface area contributed by atoms with Gasteiger partial charge in [-0.25, -0.2) is 4.98 Å². The summed E-state index contributed by atoms with van der Waals surface area (Å²) in [6.45, 7) is 4.78. The van der Waals surface area contributed by atoms with Gasteiger partial charge in [-0.1, -0.05) is 17.7 Å². The summed E-state index contributed by atoms with van der Waals surface area (Å²) in [7, 11) is 4.07. The van der Waals surface area contributed by atoms with Crippen LogP contribution in [0.25, 0.3) is 34.0 Å². The molecule has 0 aliphatic heterocycles. The summed E-state index contributed by atoms with van der Waals surface area (Å²) in [5, 5.41) is 7.56. The molecule has 148 valence electrons. The molecule has 0 aliphatic carbocycles. The standard InChI is InChI=1S/C22H22ClN5O/c1-13-10-24-14(2)7-16(13)20-9-18(22-25-12-26-27-22)21(29-20)17-8-15(11-28(3)4)5-6-19(17)23/h5-10,12H,11H2,1-4H3,(H,25,26,27). The van der Waals surface area contributed by atoms with Crippen LogP contribution in [0.1, 0.15) is 16.8 Å². The minimum absolute atomic E-state index is 0.622. The van der Waals surface area contributed by atoms with Crippen molar-refractivity contribution in [1.82, 2.24) is 25.1 Å². The highest BCUT2D eigenvalue weighted by molar-refractivity contribution is 6.33. The summed E-state index contributed by atoms with van der Waals surface area (Å²) >= 11 is 6.58. The van der Waals surface area contributed by atoms with Crippen LogP contribution in [-0.2, 0) is 6.54 Å². The number of halogens is 1. The van der Waals surface area contributed by atoms with Gasteiger partial charge in [0.15, 0.2) is 5.82 Å². The molecule has 0 saturated carbocycles. The van der Waals surface area contributed by atoms with Crippen LogP contribution in [0.3, 0.4) is 0 Å². The van der Waals surface area contributed by atoms with E-state index in [0.29, 0.717) is 16.6 Å². The first-order valence-electron chi connectivity index (χ1n) is 9.29. The second-order valence-electron chi connectivity index (χ2n) is 7.38. The number of pyridine rings is 1. The van der Waals surface area contributed by atoms with E-state index in [4.69, 9.17) is 16.0 Å². The molecule has 1 N–H and O–H groups in total. The largest absolute Gasteiger partial charge is 0.455 e. The van der Waals surface area contributed by atoms with E-state index in [1.807, 2.05) is 58.4 Å². The maximum Gasteiger partial charge on any atom is 0.159 e. The fourth-order valence-corrected chi connectivity index (χ4v) is 3.54. The molecule has 0 fully saturated rings. The molecule has 0 bridgehead atoms. The van der Waals surface area contributed by atoms with E-state index in [0.717, 1.165) is 45.8 Å².